The summed E-state index contributed by atoms with van der Waals surface area (Å²) >= 11 is 5.66. The normalized spacial score (nSPS) is 12.8. The van der Waals surface area contributed by atoms with Crippen LogP contribution in [0, 0.1) is 0 Å². The lowest BCUT2D eigenvalue weighted by molar-refractivity contribution is 0.199. The molecule has 0 aliphatic rings. The van der Waals surface area contributed by atoms with E-state index in [9.17, 15) is 16.8 Å². The highest BCUT2D eigenvalue weighted by molar-refractivity contribution is 7.92. The molecule has 200 valence electrons. The molecule has 9 nitrogen and oxygen atoms in total. The summed E-state index contributed by atoms with van der Waals surface area (Å²) in [5.74, 6) is 0. The van der Waals surface area contributed by atoms with Gasteiger partial charge in [0.25, 0.3) is 0 Å². The van der Waals surface area contributed by atoms with Crippen molar-refractivity contribution in [1.29, 1.82) is 0 Å². The summed E-state index contributed by atoms with van der Waals surface area (Å²) < 4.78 is 52.2. The van der Waals surface area contributed by atoms with Gasteiger partial charge in [0.1, 0.15) is 8.42 Å². The van der Waals surface area contributed by atoms with Crippen LogP contribution < -0.4 is 20.9 Å². The largest absolute Gasteiger partial charge is 0.383 e. The molecule has 4 aromatic rings. The number of hydrogen-bond donors (Lipinski definition) is 4. The molecule has 0 aromatic carbocycles. The van der Waals surface area contributed by atoms with E-state index in [2.05, 4.69) is 31.4 Å². The molecule has 0 unspecified atom stereocenters. The van der Waals surface area contributed by atoms with Crippen molar-refractivity contribution < 1.29 is 21.6 Å². The predicted octanol–water partition coefficient (Wildman–Crippen LogP) is 3.84. The summed E-state index contributed by atoms with van der Waals surface area (Å²) in [7, 11) is -5.49. The van der Waals surface area contributed by atoms with Crippen molar-refractivity contribution in [3.8, 4) is 0 Å². The van der Waals surface area contributed by atoms with Crippen molar-refractivity contribution >= 4 is 84.2 Å². The first-order valence-corrected chi connectivity index (χ1v) is 17.1. The van der Waals surface area contributed by atoms with Gasteiger partial charge in [0.15, 0.2) is 0 Å². The molecule has 0 saturated carbocycles. The number of rotatable bonds is 9. The van der Waals surface area contributed by atoms with Gasteiger partial charge in [-0.1, -0.05) is 0 Å². The van der Waals surface area contributed by atoms with Gasteiger partial charge in [-0.05, 0) is 45.0 Å². The maximum Gasteiger partial charge on any atom is 0.247 e. The first-order chi connectivity index (χ1) is 16.7. The summed E-state index contributed by atoms with van der Waals surface area (Å²) in [5, 5.41) is 18.8. The molecule has 4 aromatic heterocycles. The van der Waals surface area contributed by atoms with Gasteiger partial charge in [-0.15, -0.1) is 45.3 Å². The average Bonchev–Trinajstić information content (AvgIpc) is 3.47. The molecule has 0 bridgehead atoms. The van der Waals surface area contributed by atoms with Crippen LogP contribution in [0.3, 0.4) is 0 Å². The van der Waals surface area contributed by atoms with Crippen LogP contribution in [0.4, 0.5) is 0 Å². The van der Waals surface area contributed by atoms with Crippen LogP contribution in [0.25, 0.3) is 18.8 Å². The number of ether oxygens (including phenoxy) is 1. The molecular formula is C21H30N4O5S6. The summed E-state index contributed by atoms with van der Waals surface area (Å²) in [6.07, 6.45) is 0. The van der Waals surface area contributed by atoms with Crippen molar-refractivity contribution in [2.45, 2.75) is 47.8 Å². The van der Waals surface area contributed by atoms with E-state index < -0.39 is 20.0 Å². The second-order valence-corrected chi connectivity index (χ2v) is 17.4. The van der Waals surface area contributed by atoms with E-state index >= 15 is 0 Å². The monoisotopic (exact) mass is 610 g/mol. The minimum absolute atomic E-state index is 0.0726. The second-order valence-electron chi connectivity index (χ2n) is 8.91. The Hall–Kier alpha value is -0.980. The van der Waals surface area contributed by atoms with Crippen LogP contribution >= 0.6 is 45.3 Å². The maximum absolute atomic E-state index is 11.2. The van der Waals surface area contributed by atoms with Crippen molar-refractivity contribution in [2.24, 2.45) is 10.3 Å². The predicted molar refractivity (Wildman–Crippen MR) is 152 cm³/mol. The Morgan fingerprint density at radius 2 is 1.28 bits per heavy atom. The lowest BCUT2D eigenvalue weighted by atomic mass is 10.1. The van der Waals surface area contributed by atoms with E-state index in [0.29, 0.717) is 6.61 Å². The molecular weight excluding hydrogens is 581 g/mol. The SMILES string of the molecule is CC(C)(C)NCc1cc2cc(S(N)(=O)=O)sc2s1.COCCNCc1cc2cc(S(N)(=O)=O)sc2s1. The van der Waals surface area contributed by atoms with Crippen LogP contribution in [0.2, 0.25) is 0 Å². The number of hydrogen-bond acceptors (Lipinski definition) is 11. The summed E-state index contributed by atoms with van der Waals surface area (Å²) in [4.78, 5) is 2.38. The molecule has 0 atom stereocenters. The number of thiophene rings is 4. The van der Waals surface area contributed by atoms with Crippen molar-refractivity contribution in [2.75, 3.05) is 20.3 Å². The van der Waals surface area contributed by atoms with Crippen LogP contribution in [-0.4, -0.2) is 42.6 Å². The van der Waals surface area contributed by atoms with Gasteiger partial charge in [0, 0.05) is 52.8 Å². The molecule has 0 aliphatic heterocycles. The zero-order valence-electron chi connectivity index (χ0n) is 20.3. The molecule has 0 amide bonds. The number of nitrogens with two attached hydrogens (primary N) is 2. The molecule has 0 aliphatic carbocycles. The third-order valence-electron chi connectivity index (χ3n) is 4.62. The summed E-state index contributed by atoms with van der Waals surface area (Å²) in [5.41, 5.74) is 0.0726. The fraction of sp³-hybridized carbons (Fsp3) is 0.429. The van der Waals surface area contributed by atoms with Gasteiger partial charge in [-0.3, -0.25) is 0 Å². The molecule has 0 fully saturated rings. The van der Waals surface area contributed by atoms with Gasteiger partial charge in [-0.2, -0.15) is 0 Å². The van der Waals surface area contributed by atoms with Crippen molar-refractivity contribution in [3.05, 3.63) is 34.0 Å². The number of nitrogens with one attached hydrogen (secondary N) is 2. The van der Waals surface area contributed by atoms with Crippen LogP contribution in [0.1, 0.15) is 30.5 Å². The Morgan fingerprint density at radius 1 is 0.806 bits per heavy atom. The van der Waals surface area contributed by atoms with Gasteiger partial charge < -0.3 is 15.4 Å². The average molecular weight is 611 g/mol. The summed E-state index contributed by atoms with van der Waals surface area (Å²) in [6.45, 7) is 9.37. The third kappa shape index (κ3) is 8.52. The third-order valence-corrected chi connectivity index (χ3v) is 12.2. The van der Waals surface area contributed by atoms with Gasteiger partial charge in [-0.25, -0.2) is 27.1 Å². The fourth-order valence-electron chi connectivity index (χ4n) is 2.93. The molecule has 0 radical (unpaired) electrons. The standard InChI is InChI=1S/C11H16N2O2S3.C10H14N2O3S3/c1-11(2,3)13-6-8-4-7-5-9(18(12,14)15)17-10(7)16-8;1-15-3-2-12-6-8-4-7-5-9(18(11,13)14)17-10(7)16-8/h4-5,13H,6H2,1-3H3,(H2,12,14,15);4-5,12H,2-3,6H2,1H3,(H2,11,13,14). The minimum Gasteiger partial charge on any atom is -0.383 e. The van der Waals surface area contributed by atoms with E-state index in [1.54, 1.807) is 41.9 Å². The number of sulfonamides is 2. The van der Waals surface area contributed by atoms with Gasteiger partial charge in [0.05, 0.1) is 14.6 Å². The lowest BCUT2D eigenvalue weighted by Gasteiger charge is -2.19. The molecule has 4 heterocycles. The van der Waals surface area contributed by atoms with Crippen LogP contribution in [0.15, 0.2) is 32.7 Å². The zero-order chi connectivity index (χ0) is 26.7. The Morgan fingerprint density at radius 3 is 1.67 bits per heavy atom. The smallest absolute Gasteiger partial charge is 0.247 e. The number of methoxy groups -OCH3 is 1. The highest BCUT2D eigenvalue weighted by atomic mass is 32.3. The van der Waals surface area contributed by atoms with Crippen molar-refractivity contribution in [1.82, 2.24) is 10.6 Å². The fourth-order valence-corrected chi connectivity index (χ4v) is 9.62. The van der Waals surface area contributed by atoms with Crippen LogP contribution in [-0.2, 0) is 37.9 Å². The second kappa shape index (κ2) is 11.8. The molecule has 4 rings (SSSR count). The highest BCUT2D eigenvalue weighted by Gasteiger charge is 2.16. The highest BCUT2D eigenvalue weighted by Crippen LogP contribution is 2.36. The molecule has 15 heteroatoms. The molecule has 6 N–H and O–H groups in total. The van der Waals surface area contributed by atoms with Gasteiger partial charge in [0.2, 0.25) is 20.0 Å². The first kappa shape index (κ1) is 29.6. The van der Waals surface area contributed by atoms with E-state index in [1.165, 1.54) is 32.4 Å². The maximum atomic E-state index is 11.2. The minimum atomic E-state index is -3.58. The Balaban J connectivity index is 0.000000201. The topological polar surface area (TPSA) is 154 Å². The Bertz CT molecular complexity index is 1460. The van der Waals surface area contributed by atoms with Crippen LogP contribution in [0.5, 0.6) is 0 Å². The number of fused-ring (bicyclic) bond motifs is 2. The van der Waals surface area contributed by atoms with E-state index in [4.69, 9.17) is 15.0 Å². The molecule has 0 spiro atoms. The number of primary sulfonamides is 2. The Labute approximate surface area is 227 Å². The van der Waals surface area contributed by atoms with E-state index in [-0.39, 0.29) is 14.0 Å². The lowest BCUT2D eigenvalue weighted by Crippen LogP contribution is -2.34. The first-order valence-electron chi connectivity index (χ1n) is 10.7. The van der Waals surface area contributed by atoms with Crippen molar-refractivity contribution in [3.63, 3.8) is 0 Å². The van der Waals surface area contributed by atoms with E-state index in [1.807, 2.05) is 12.1 Å². The quantitative estimate of drug-likeness (QED) is 0.210. The Kier molecular flexibility index (Phi) is 9.71. The molecule has 0 saturated heterocycles. The van der Waals surface area contributed by atoms with E-state index in [0.717, 1.165) is 38.4 Å². The van der Waals surface area contributed by atoms with Gasteiger partial charge >= 0.3 is 0 Å². The summed E-state index contributed by atoms with van der Waals surface area (Å²) in [6, 6.07) is 7.28. The molecule has 36 heavy (non-hydrogen) atoms. The zero-order valence-corrected chi connectivity index (χ0v) is 25.2.